The topological polar surface area (TPSA) is 28.7 Å². The Labute approximate surface area is 84.8 Å². The summed E-state index contributed by atoms with van der Waals surface area (Å²) in [5, 5.41) is 8.48. The third-order valence-electron chi connectivity index (χ3n) is 2.21. The second-order valence-electron chi connectivity index (χ2n) is 3.15. The van der Waals surface area contributed by atoms with E-state index in [1.807, 2.05) is 38.3 Å². The summed E-state index contributed by atoms with van der Waals surface area (Å²) in [6, 6.07) is 4.11. The van der Waals surface area contributed by atoms with Crippen molar-refractivity contribution >= 4 is 12.2 Å². The average molecular weight is 186 g/mol. The molecule has 0 bridgehead atoms. The van der Waals surface area contributed by atoms with Gasteiger partial charge in [0, 0.05) is 24.5 Å². The van der Waals surface area contributed by atoms with E-state index in [1.165, 1.54) is 11.8 Å². The van der Waals surface area contributed by atoms with Gasteiger partial charge in [0.05, 0.1) is 6.07 Å². The van der Waals surface area contributed by atoms with Crippen molar-refractivity contribution in [2.45, 2.75) is 13.8 Å². The first-order chi connectivity index (χ1) is 6.70. The van der Waals surface area contributed by atoms with Gasteiger partial charge in [0.1, 0.15) is 0 Å². The van der Waals surface area contributed by atoms with Crippen LogP contribution < -0.4 is 0 Å². The van der Waals surface area contributed by atoms with Gasteiger partial charge in [-0.05, 0) is 31.6 Å². The Morgan fingerprint density at radius 2 is 2.14 bits per heavy atom. The van der Waals surface area contributed by atoms with E-state index in [0.717, 1.165) is 11.3 Å². The van der Waals surface area contributed by atoms with Crippen molar-refractivity contribution in [3.63, 3.8) is 0 Å². The summed E-state index contributed by atoms with van der Waals surface area (Å²) >= 11 is 0. The molecule has 0 fully saturated rings. The lowest BCUT2D eigenvalue weighted by molar-refractivity contribution is 0.871. The quantitative estimate of drug-likeness (QED) is 0.653. The maximum Gasteiger partial charge on any atom is 0.0912 e. The van der Waals surface area contributed by atoms with Crippen molar-refractivity contribution in [3.8, 4) is 6.07 Å². The van der Waals surface area contributed by atoms with Gasteiger partial charge in [0.25, 0.3) is 0 Å². The molecule has 0 aromatic carbocycles. The average Bonchev–Trinajstić information content (AvgIpc) is 2.42. The molecule has 0 spiro atoms. The number of hydrogen-bond acceptors (Lipinski definition) is 1. The van der Waals surface area contributed by atoms with Gasteiger partial charge in [-0.3, -0.25) is 0 Å². The highest BCUT2D eigenvalue weighted by molar-refractivity contribution is 5.65. The first-order valence-corrected chi connectivity index (χ1v) is 4.56. The molecule has 0 atom stereocenters. The van der Waals surface area contributed by atoms with Crippen molar-refractivity contribution in [3.05, 3.63) is 35.2 Å². The van der Waals surface area contributed by atoms with Crippen LogP contribution in [0.25, 0.3) is 12.2 Å². The van der Waals surface area contributed by atoms with Gasteiger partial charge in [-0.15, -0.1) is 0 Å². The molecule has 0 unspecified atom stereocenters. The third kappa shape index (κ3) is 1.94. The van der Waals surface area contributed by atoms with Crippen LogP contribution in [0.4, 0.5) is 0 Å². The van der Waals surface area contributed by atoms with Gasteiger partial charge < -0.3 is 4.57 Å². The fourth-order valence-corrected chi connectivity index (χ4v) is 1.42. The highest BCUT2D eigenvalue weighted by Gasteiger charge is 2.03. The van der Waals surface area contributed by atoms with Gasteiger partial charge in [-0.1, -0.05) is 12.2 Å². The molecule has 0 aliphatic rings. The predicted octanol–water partition coefficient (Wildman–Crippen LogP) is 2.90. The van der Waals surface area contributed by atoms with Gasteiger partial charge in [-0.25, -0.2) is 0 Å². The molecule has 1 aromatic rings. The van der Waals surface area contributed by atoms with E-state index in [9.17, 15) is 0 Å². The van der Waals surface area contributed by atoms with Crippen LogP contribution in [-0.4, -0.2) is 4.57 Å². The molecule has 2 nitrogen and oxygen atoms in total. The summed E-state index contributed by atoms with van der Waals surface area (Å²) in [6.45, 7) is 4.04. The van der Waals surface area contributed by atoms with Crippen LogP contribution in [0.15, 0.2) is 18.2 Å². The fourth-order valence-electron chi connectivity index (χ4n) is 1.42. The number of nitriles is 1. The monoisotopic (exact) mass is 186 g/mol. The Hall–Kier alpha value is -1.75. The summed E-state index contributed by atoms with van der Waals surface area (Å²) < 4.78 is 2.07. The highest BCUT2D eigenvalue weighted by Crippen LogP contribution is 2.17. The van der Waals surface area contributed by atoms with E-state index >= 15 is 0 Å². The van der Waals surface area contributed by atoms with Crippen LogP contribution >= 0.6 is 0 Å². The van der Waals surface area contributed by atoms with E-state index in [1.54, 1.807) is 0 Å². The number of rotatable bonds is 2. The van der Waals surface area contributed by atoms with Crippen LogP contribution in [0.1, 0.15) is 23.9 Å². The number of hydrogen-bond donors (Lipinski definition) is 0. The maximum atomic E-state index is 8.48. The number of nitrogens with zero attached hydrogens (tertiary/aromatic N) is 2. The second-order valence-corrected chi connectivity index (χ2v) is 3.15. The van der Waals surface area contributed by atoms with Crippen molar-refractivity contribution in [2.24, 2.45) is 7.05 Å². The Morgan fingerprint density at radius 1 is 1.43 bits per heavy atom. The summed E-state index contributed by atoms with van der Waals surface area (Å²) in [4.78, 5) is 0. The summed E-state index contributed by atoms with van der Waals surface area (Å²) in [7, 11) is 2.00. The largest absolute Gasteiger partial charge is 0.348 e. The minimum Gasteiger partial charge on any atom is -0.348 e. The molecule has 1 rings (SSSR count). The van der Waals surface area contributed by atoms with E-state index in [0.29, 0.717) is 0 Å². The van der Waals surface area contributed by atoms with Crippen molar-refractivity contribution in [1.29, 1.82) is 5.26 Å². The Bertz CT molecular complexity index is 414. The summed E-state index contributed by atoms with van der Waals surface area (Å²) in [6.07, 6.45) is 7.38. The first-order valence-electron chi connectivity index (χ1n) is 4.56. The predicted molar refractivity (Wildman–Crippen MR) is 59.5 cm³/mol. The molecular formula is C12H14N2. The third-order valence-corrected chi connectivity index (χ3v) is 2.21. The van der Waals surface area contributed by atoms with Crippen molar-refractivity contribution in [2.75, 3.05) is 0 Å². The number of allylic oxidation sites excluding steroid dienone is 2. The standard InChI is InChI=1S/C12H14N2/c1-4-6-11-9-10(2)14(3)12(11)7-5-8-13/h4-7,9H,1-3H3/b6-4-,7-5+. The zero-order chi connectivity index (χ0) is 10.6. The van der Waals surface area contributed by atoms with Gasteiger partial charge >= 0.3 is 0 Å². The van der Waals surface area contributed by atoms with E-state index < -0.39 is 0 Å². The summed E-state index contributed by atoms with van der Waals surface area (Å²) in [5.41, 5.74) is 3.41. The van der Waals surface area contributed by atoms with Gasteiger partial charge in [0.2, 0.25) is 0 Å². The minimum atomic E-state index is 1.07. The molecule has 1 aromatic heterocycles. The van der Waals surface area contributed by atoms with Crippen molar-refractivity contribution in [1.82, 2.24) is 4.57 Å². The molecule has 72 valence electrons. The molecule has 0 aliphatic heterocycles. The lowest BCUT2D eigenvalue weighted by Crippen LogP contribution is -1.93. The van der Waals surface area contributed by atoms with Gasteiger partial charge in [-0.2, -0.15) is 5.26 Å². The Balaban J connectivity index is 3.24. The maximum absolute atomic E-state index is 8.48. The Kier molecular flexibility index (Phi) is 3.30. The lowest BCUT2D eigenvalue weighted by Gasteiger charge is -2.00. The smallest absolute Gasteiger partial charge is 0.0912 e. The van der Waals surface area contributed by atoms with E-state index in [2.05, 4.69) is 17.6 Å². The molecule has 0 N–H and O–H groups in total. The van der Waals surface area contributed by atoms with Crippen LogP contribution in [0, 0.1) is 18.3 Å². The van der Waals surface area contributed by atoms with Crippen LogP contribution in [-0.2, 0) is 7.05 Å². The number of aryl methyl sites for hydroxylation is 1. The molecule has 0 radical (unpaired) electrons. The van der Waals surface area contributed by atoms with E-state index in [-0.39, 0.29) is 0 Å². The fraction of sp³-hybridized carbons (Fsp3) is 0.250. The molecule has 0 aliphatic carbocycles. The zero-order valence-electron chi connectivity index (χ0n) is 8.78. The molecule has 1 heterocycles. The van der Waals surface area contributed by atoms with Crippen LogP contribution in [0.2, 0.25) is 0 Å². The Morgan fingerprint density at radius 3 is 2.71 bits per heavy atom. The van der Waals surface area contributed by atoms with Gasteiger partial charge in [0.15, 0.2) is 0 Å². The van der Waals surface area contributed by atoms with Crippen LogP contribution in [0.5, 0.6) is 0 Å². The highest BCUT2D eigenvalue weighted by atomic mass is 14.9. The second kappa shape index (κ2) is 4.48. The molecule has 0 saturated carbocycles. The zero-order valence-corrected chi connectivity index (χ0v) is 8.78. The SMILES string of the molecule is C/C=C\c1cc(C)n(C)c1/C=C/C#N. The molecule has 0 saturated heterocycles. The normalized spacial score (nSPS) is 11.3. The molecule has 0 amide bonds. The summed E-state index contributed by atoms with van der Waals surface area (Å²) in [5.74, 6) is 0. The van der Waals surface area contributed by atoms with Crippen LogP contribution in [0.3, 0.4) is 0 Å². The lowest BCUT2D eigenvalue weighted by atomic mass is 10.2. The molecule has 14 heavy (non-hydrogen) atoms. The first kappa shape index (κ1) is 10.3. The van der Waals surface area contributed by atoms with E-state index in [4.69, 9.17) is 5.26 Å². The minimum absolute atomic E-state index is 1.07. The van der Waals surface area contributed by atoms with Crippen molar-refractivity contribution < 1.29 is 0 Å². The number of aromatic nitrogens is 1. The molecule has 2 heteroatoms. The molecular weight excluding hydrogens is 172 g/mol.